The Morgan fingerprint density at radius 2 is 1.69 bits per heavy atom. The SMILES string of the molecule is FC(F)(F)Oc1cccc(-n2cccc2)c1. The summed E-state index contributed by atoms with van der Waals surface area (Å²) in [6.45, 7) is 0. The molecule has 0 saturated heterocycles. The summed E-state index contributed by atoms with van der Waals surface area (Å²) >= 11 is 0. The molecular weight excluding hydrogens is 219 g/mol. The van der Waals surface area contributed by atoms with E-state index < -0.39 is 6.36 Å². The van der Waals surface area contributed by atoms with Gasteiger partial charge in [0, 0.05) is 24.1 Å². The van der Waals surface area contributed by atoms with Crippen LogP contribution in [0.25, 0.3) is 5.69 Å². The van der Waals surface area contributed by atoms with Gasteiger partial charge in [0.15, 0.2) is 0 Å². The maximum Gasteiger partial charge on any atom is 0.573 e. The zero-order chi connectivity index (χ0) is 11.6. The summed E-state index contributed by atoms with van der Waals surface area (Å²) in [6.07, 6.45) is -1.17. The first-order chi connectivity index (χ1) is 7.54. The Bertz CT molecular complexity index is 462. The van der Waals surface area contributed by atoms with Crippen LogP contribution in [0.2, 0.25) is 0 Å². The average Bonchev–Trinajstić information content (AvgIpc) is 2.68. The third-order valence-electron chi connectivity index (χ3n) is 1.95. The van der Waals surface area contributed by atoms with Gasteiger partial charge in [0.05, 0.1) is 0 Å². The van der Waals surface area contributed by atoms with Crippen molar-refractivity contribution in [3.63, 3.8) is 0 Å². The van der Waals surface area contributed by atoms with Crippen molar-refractivity contribution < 1.29 is 17.9 Å². The second-order valence-electron chi connectivity index (χ2n) is 3.14. The van der Waals surface area contributed by atoms with Crippen molar-refractivity contribution in [1.29, 1.82) is 0 Å². The minimum atomic E-state index is -4.66. The smallest absolute Gasteiger partial charge is 0.406 e. The molecule has 0 radical (unpaired) electrons. The van der Waals surface area contributed by atoms with Gasteiger partial charge in [-0.25, -0.2) is 0 Å². The van der Waals surface area contributed by atoms with Crippen molar-refractivity contribution in [1.82, 2.24) is 4.57 Å². The molecule has 0 aliphatic rings. The minimum absolute atomic E-state index is 0.223. The molecule has 0 fully saturated rings. The van der Waals surface area contributed by atoms with Gasteiger partial charge < -0.3 is 9.30 Å². The highest BCUT2D eigenvalue weighted by molar-refractivity contribution is 5.39. The highest BCUT2D eigenvalue weighted by Gasteiger charge is 2.31. The lowest BCUT2D eigenvalue weighted by Crippen LogP contribution is -2.17. The molecule has 0 N–H and O–H groups in total. The van der Waals surface area contributed by atoms with Crippen LogP contribution in [-0.4, -0.2) is 10.9 Å². The first kappa shape index (κ1) is 10.6. The molecule has 0 spiro atoms. The number of hydrogen-bond donors (Lipinski definition) is 0. The van der Waals surface area contributed by atoms with Gasteiger partial charge in [0.2, 0.25) is 0 Å². The number of hydrogen-bond acceptors (Lipinski definition) is 1. The molecule has 0 aliphatic heterocycles. The minimum Gasteiger partial charge on any atom is -0.406 e. The van der Waals surface area contributed by atoms with Crippen LogP contribution in [0.3, 0.4) is 0 Å². The molecule has 1 aromatic heterocycles. The lowest BCUT2D eigenvalue weighted by atomic mass is 10.3. The number of aromatic nitrogens is 1. The number of halogens is 3. The lowest BCUT2D eigenvalue weighted by molar-refractivity contribution is -0.274. The van der Waals surface area contributed by atoms with E-state index in [0.29, 0.717) is 5.69 Å². The molecule has 2 aromatic rings. The zero-order valence-corrected chi connectivity index (χ0v) is 8.11. The molecule has 1 aromatic carbocycles. The Balaban J connectivity index is 2.27. The molecule has 0 unspecified atom stereocenters. The molecule has 0 amide bonds. The van der Waals surface area contributed by atoms with Crippen LogP contribution in [0.15, 0.2) is 48.8 Å². The van der Waals surface area contributed by atoms with Crippen molar-refractivity contribution in [3.8, 4) is 11.4 Å². The number of nitrogens with zero attached hydrogens (tertiary/aromatic N) is 1. The Hall–Kier alpha value is -1.91. The molecule has 0 bridgehead atoms. The Labute approximate surface area is 89.9 Å². The van der Waals surface area contributed by atoms with Gasteiger partial charge in [-0.3, -0.25) is 0 Å². The predicted octanol–water partition coefficient (Wildman–Crippen LogP) is 3.38. The van der Waals surface area contributed by atoms with Gasteiger partial charge in [-0.15, -0.1) is 13.2 Å². The Morgan fingerprint density at radius 3 is 2.31 bits per heavy atom. The summed E-state index contributed by atoms with van der Waals surface area (Å²) in [6, 6.07) is 9.38. The van der Waals surface area contributed by atoms with Crippen molar-refractivity contribution in [2.45, 2.75) is 6.36 Å². The van der Waals surface area contributed by atoms with Crippen LogP contribution in [0.5, 0.6) is 5.75 Å². The quantitative estimate of drug-likeness (QED) is 0.767. The molecule has 2 nitrogen and oxygen atoms in total. The van der Waals surface area contributed by atoms with E-state index in [1.165, 1.54) is 18.2 Å². The van der Waals surface area contributed by atoms with E-state index in [1.807, 2.05) is 0 Å². The van der Waals surface area contributed by atoms with Crippen molar-refractivity contribution in [2.75, 3.05) is 0 Å². The van der Waals surface area contributed by atoms with Crippen molar-refractivity contribution in [2.24, 2.45) is 0 Å². The maximum atomic E-state index is 12.0. The van der Waals surface area contributed by atoms with E-state index in [0.717, 1.165) is 0 Å². The van der Waals surface area contributed by atoms with Crippen LogP contribution in [0.1, 0.15) is 0 Å². The number of ether oxygens (including phenoxy) is 1. The van der Waals surface area contributed by atoms with Gasteiger partial charge in [-0.1, -0.05) is 6.07 Å². The second kappa shape index (κ2) is 3.92. The lowest BCUT2D eigenvalue weighted by Gasteiger charge is -2.10. The summed E-state index contributed by atoms with van der Waals surface area (Å²) < 4.78 is 41.5. The molecule has 5 heteroatoms. The largest absolute Gasteiger partial charge is 0.573 e. The van der Waals surface area contributed by atoms with Crippen LogP contribution in [0, 0.1) is 0 Å². The summed E-state index contributed by atoms with van der Waals surface area (Å²) in [7, 11) is 0. The monoisotopic (exact) mass is 227 g/mol. The molecule has 16 heavy (non-hydrogen) atoms. The summed E-state index contributed by atoms with van der Waals surface area (Å²) in [5.74, 6) is -0.223. The van der Waals surface area contributed by atoms with Crippen LogP contribution >= 0.6 is 0 Å². The standard InChI is InChI=1S/C11H8F3NO/c12-11(13,14)16-10-5-3-4-9(8-10)15-6-1-2-7-15/h1-8H. The second-order valence-corrected chi connectivity index (χ2v) is 3.14. The zero-order valence-electron chi connectivity index (χ0n) is 8.11. The van der Waals surface area contributed by atoms with E-state index in [9.17, 15) is 13.2 Å². The van der Waals surface area contributed by atoms with Crippen LogP contribution in [-0.2, 0) is 0 Å². The van der Waals surface area contributed by atoms with Gasteiger partial charge in [0.25, 0.3) is 0 Å². The van der Waals surface area contributed by atoms with Crippen LogP contribution in [0.4, 0.5) is 13.2 Å². The number of benzene rings is 1. The fraction of sp³-hybridized carbons (Fsp3) is 0.0909. The van der Waals surface area contributed by atoms with E-state index in [2.05, 4.69) is 4.74 Å². The fourth-order valence-electron chi connectivity index (χ4n) is 1.35. The summed E-state index contributed by atoms with van der Waals surface area (Å²) in [5.41, 5.74) is 0.617. The van der Waals surface area contributed by atoms with E-state index in [4.69, 9.17) is 0 Å². The third-order valence-corrected chi connectivity index (χ3v) is 1.95. The van der Waals surface area contributed by atoms with Crippen molar-refractivity contribution >= 4 is 0 Å². The van der Waals surface area contributed by atoms with Gasteiger partial charge >= 0.3 is 6.36 Å². The Kier molecular flexibility index (Phi) is 2.60. The first-order valence-corrected chi connectivity index (χ1v) is 4.54. The molecule has 0 atom stereocenters. The third kappa shape index (κ3) is 2.56. The Morgan fingerprint density at radius 1 is 1.00 bits per heavy atom. The van der Waals surface area contributed by atoms with E-state index in [1.54, 1.807) is 35.2 Å². The van der Waals surface area contributed by atoms with E-state index >= 15 is 0 Å². The molecule has 2 rings (SSSR count). The molecule has 1 heterocycles. The highest BCUT2D eigenvalue weighted by Crippen LogP contribution is 2.24. The maximum absolute atomic E-state index is 12.0. The van der Waals surface area contributed by atoms with Crippen molar-refractivity contribution in [3.05, 3.63) is 48.8 Å². The fourth-order valence-corrected chi connectivity index (χ4v) is 1.35. The number of alkyl halides is 3. The number of rotatable bonds is 2. The van der Waals surface area contributed by atoms with Gasteiger partial charge in [-0.2, -0.15) is 0 Å². The average molecular weight is 227 g/mol. The molecule has 0 aliphatic carbocycles. The molecular formula is C11H8F3NO. The normalized spacial score (nSPS) is 11.4. The topological polar surface area (TPSA) is 14.2 Å². The van der Waals surface area contributed by atoms with Gasteiger partial charge in [0.1, 0.15) is 5.75 Å². The van der Waals surface area contributed by atoms with Crippen LogP contribution < -0.4 is 4.74 Å². The summed E-state index contributed by atoms with van der Waals surface area (Å²) in [4.78, 5) is 0. The summed E-state index contributed by atoms with van der Waals surface area (Å²) in [5, 5.41) is 0. The van der Waals surface area contributed by atoms with E-state index in [-0.39, 0.29) is 5.75 Å². The predicted molar refractivity (Wildman–Crippen MR) is 52.5 cm³/mol. The first-order valence-electron chi connectivity index (χ1n) is 4.54. The van der Waals surface area contributed by atoms with Gasteiger partial charge in [-0.05, 0) is 24.3 Å². The molecule has 0 saturated carbocycles. The molecule has 84 valence electrons. The highest BCUT2D eigenvalue weighted by atomic mass is 19.4.